The molecule has 1 rings (SSSR count). The minimum absolute atomic E-state index is 0.834. The molecule has 1 aliphatic heterocycles. The zero-order valence-electron chi connectivity index (χ0n) is 17.4. The first-order valence-electron chi connectivity index (χ1n) is 9.00. The maximum absolute atomic E-state index is 3.14. The van der Waals surface area contributed by atoms with Crippen molar-refractivity contribution < 1.29 is 0 Å². The highest BCUT2D eigenvalue weighted by atomic mass is 127. The highest BCUT2D eigenvalue weighted by Gasteiger charge is 2.73. The molecule has 0 aliphatic carbocycles. The van der Waals surface area contributed by atoms with Gasteiger partial charge in [-0.1, -0.05) is 98.5 Å². The Balaban J connectivity index is 3.68. The number of hydrogen-bond donors (Lipinski definition) is 0. The van der Waals surface area contributed by atoms with E-state index >= 15 is 0 Å². The molecule has 0 amide bonds. The fourth-order valence-electron chi connectivity index (χ4n) is 6.34. The van der Waals surface area contributed by atoms with E-state index in [1.807, 2.05) is 0 Å². The Kier molecular flexibility index (Phi) is 6.14. The number of rotatable bonds is 4. The third-order valence-corrected chi connectivity index (χ3v) is 57.4. The molecule has 130 valence electrons. The minimum Gasteiger partial charge on any atom is -0.209 e. The van der Waals surface area contributed by atoms with E-state index in [2.05, 4.69) is 98.8 Å². The summed E-state index contributed by atoms with van der Waals surface area (Å²) >= 11 is 3.14. The SMILES string of the molecule is C[Si](C)(C)[C]1([Si](C)(C)C)CC[C]([Si](C)(C)C)([Si](C)(C)C)[Al]1[I]. The first-order valence-corrected chi connectivity index (χ1v) is 28.3. The smallest absolute Gasteiger partial charge is 0.209 e. The fourth-order valence-corrected chi connectivity index (χ4v) is 81.8. The monoisotopic (exact) mass is 498 g/mol. The lowest BCUT2D eigenvalue weighted by Crippen LogP contribution is -2.66. The molecule has 22 heavy (non-hydrogen) atoms. The van der Waals surface area contributed by atoms with Crippen LogP contribution in [0, 0.1) is 0 Å². The Morgan fingerprint density at radius 2 is 0.727 bits per heavy atom. The van der Waals surface area contributed by atoms with Crippen LogP contribution in [0.5, 0.6) is 0 Å². The molecular weight excluding hydrogens is 458 g/mol. The van der Waals surface area contributed by atoms with Gasteiger partial charge in [-0.3, -0.25) is 0 Å². The van der Waals surface area contributed by atoms with Gasteiger partial charge < -0.3 is 0 Å². The normalized spacial score (nSPS) is 23.0. The van der Waals surface area contributed by atoms with Crippen molar-refractivity contribution in [2.45, 2.75) is 98.5 Å². The van der Waals surface area contributed by atoms with E-state index in [-0.39, 0.29) is 0 Å². The molecule has 1 saturated heterocycles. The second-order valence-electron chi connectivity index (χ2n) is 11.8. The Hall–Kier alpha value is 2.13. The summed E-state index contributed by atoms with van der Waals surface area (Å²) in [4.78, 5) is 0. The molecule has 0 nitrogen and oxygen atoms in total. The summed E-state index contributed by atoms with van der Waals surface area (Å²) in [5, 5.41) is 0. The molecule has 0 unspecified atom stereocenters. The lowest BCUT2D eigenvalue weighted by Gasteiger charge is -2.57. The van der Waals surface area contributed by atoms with Gasteiger partial charge in [0.05, 0.1) is 0 Å². The molecule has 1 fully saturated rings. The van der Waals surface area contributed by atoms with Crippen LogP contribution in [-0.2, 0) is 0 Å². The maximum Gasteiger partial charge on any atom is 0.361 e. The fraction of sp³-hybridized carbons (Fsp3) is 1.00. The van der Waals surface area contributed by atoms with Crippen LogP contribution in [0.3, 0.4) is 0 Å². The maximum atomic E-state index is 3.14. The topological polar surface area (TPSA) is 0 Å². The van der Waals surface area contributed by atoms with Gasteiger partial charge in [0.2, 0.25) is 0 Å². The first-order chi connectivity index (χ1) is 9.36. The summed E-state index contributed by atoms with van der Waals surface area (Å²) in [6.07, 6.45) is 3.21. The van der Waals surface area contributed by atoms with Gasteiger partial charge in [-0.05, 0) is 0 Å². The van der Waals surface area contributed by atoms with Crippen LogP contribution in [0.25, 0.3) is 0 Å². The van der Waals surface area contributed by atoms with Crippen molar-refractivity contribution in [2.75, 3.05) is 0 Å². The van der Waals surface area contributed by atoms with E-state index in [1.54, 1.807) is 12.8 Å². The van der Waals surface area contributed by atoms with Crippen LogP contribution in [0.4, 0.5) is 0 Å². The summed E-state index contributed by atoms with van der Waals surface area (Å²) in [6.45, 7) is 32.6. The highest BCUT2D eigenvalue weighted by Crippen LogP contribution is 2.72. The summed E-state index contributed by atoms with van der Waals surface area (Å²) in [5.74, 6) is 0. The molecular formula is C16H40AlISi4. The zero-order valence-corrected chi connectivity index (χ0v) is 24.7. The Bertz CT molecular complexity index is 355. The van der Waals surface area contributed by atoms with E-state index in [1.165, 1.54) is 0 Å². The number of halogens is 1. The average Bonchev–Trinajstić information content (AvgIpc) is 2.49. The third kappa shape index (κ3) is 3.03. The predicted octanol–water partition coefficient (Wildman–Crippen LogP) is 7.20. The van der Waals surface area contributed by atoms with Gasteiger partial charge in [0.25, 0.3) is 0 Å². The molecule has 6 heteroatoms. The van der Waals surface area contributed by atoms with Crippen LogP contribution in [0.2, 0.25) is 85.6 Å². The van der Waals surface area contributed by atoms with Crippen molar-refractivity contribution in [3.63, 3.8) is 0 Å². The van der Waals surface area contributed by atoms with Crippen molar-refractivity contribution in [2.24, 2.45) is 0 Å². The average molecular weight is 499 g/mol. The summed E-state index contributed by atoms with van der Waals surface area (Å²) in [7, 11) is -5.47. The Morgan fingerprint density at radius 3 is 0.818 bits per heavy atom. The van der Waals surface area contributed by atoms with Crippen LogP contribution in [-0.4, -0.2) is 43.2 Å². The molecule has 0 radical (unpaired) electrons. The lowest BCUT2D eigenvalue weighted by molar-refractivity contribution is 0.763. The van der Waals surface area contributed by atoms with Crippen molar-refractivity contribution in [1.82, 2.24) is 0 Å². The molecule has 1 heterocycles. The van der Waals surface area contributed by atoms with Gasteiger partial charge in [0.15, 0.2) is 0 Å². The summed E-state index contributed by atoms with van der Waals surface area (Å²) in [5.41, 5.74) is 0. The standard InChI is InChI=1S/C16H40Si4.Al.HI/c1-17(2,3)15(18(4,5)6)13-14-16(19(7,8)9)20(10,11)12;;/h13-14H2,1-12H3;;1H/q;+1;/p-1. The van der Waals surface area contributed by atoms with Gasteiger partial charge >= 0.3 is 10.9 Å². The Labute approximate surface area is 160 Å². The van der Waals surface area contributed by atoms with Crippen LogP contribution in [0.1, 0.15) is 12.8 Å². The zero-order chi connectivity index (χ0) is 18.0. The summed E-state index contributed by atoms with van der Waals surface area (Å²) < 4.78 is 1.70. The highest BCUT2D eigenvalue weighted by molar-refractivity contribution is 14.1. The van der Waals surface area contributed by atoms with Crippen LogP contribution < -0.4 is 0 Å². The van der Waals surface area contributed by atoms with Gasteiger partial charge in [-0.25, -0.2) is 20.3 Å². The molecule has 0 saturated carbocycles. The van der Waals surface area contributed by atoms with Gasteiger partial charge in [0, 0.05) is 32.3 Å². The molecule has 1 aliphatic rings. The van der Waals surface area contributed by atoms with Crippen molar-refractivity contribution in [3.05, 3.63) is 0 Å². The van der Waals surface area contributed by atoms with E-state index in [0.717, 1.165) is 7.05 Å². The first kappa shape index (κ1) is 22.2. The molecule has 0 aromatic rings. The molecule has 0 atom stereocenters. The van der Waals surface area contributed by atoms with Crippen molar-refractivity contribution >= 4 is 63.4 Å². The van der Waals surface area contributed by atoms with Gasteiger partial charge in [-0.15, -0.1) is 0 Å². The second kappa shape index (κ2) is 6.09. The largest absolute Gasteiger partial charge is 0.361 e. The van der Waals surface area contributed by atoms with Gasteiger partial charge in [0.1, 0.15) is 0 Å². The lowest BCUT2D eigenvalue weighted by atomic mass is 10.4. The Morgan fingerprint density at radius 1 is 0.545 bits per heavy atom. The predicted molar refractivity (Wildman–Crippen MR) is 128 cm³/mol. The summed E-state index contributed by atoms with van der Waals surface area (Å²) in [6, 6.07) is 0. The quantitative estimate of drug-likeness (QED) is 0.284. The molecule has 0 aromatic carbocycles. The van der Waals surface area contributed by atoms with E-state index in [0.29, 0.717) is 0 Å². The molecule has 0 aromatic heterocycles. The van der Waals surface area contributed by atoms with Crippen LogP contribution in [0.15, 0.2) is 0 Å². The van der Waals surface area contributed by atoms with Crippen LogP contribution >= 0.6 is 20.3 Å². The van der Waals surface area contributed by atoms with Crippen molar-refractivity contribution in [3.8, 4) is 0 Å². The van der Waals surface area contributed by atoms with E-state index in [4.69, 9.17) is 0 Å². The molecule has 0 spiro atoms. The van der Waals surface area contributed by atoms with E-state index in [9.17, 15) is 0 Å². The van der Waals surface area contributed by atoms with E-state index < -0.39 is 43.2 Å². The molecule has 0 bridgehead atoms. The minimum atomic E-state index is -1.16. The number of hydrogen-bond acceptors (Lipinski definition) is 0. The van der Waals surface area contributed by atoms with Crippen molar-refractivity contribution in [1.29, 1.82) is 0 Å². The molecule has 0 N–H and O–H groups in total. The third-order valence-electron chi connectivity index (χ3n) is 7.13. The second-order valence-corrected chi connectivity index (χ2v) is 43.1. The van der Waals surface area contributed by atoms with Gasteiger partial charge in [-0.2, -0.15) is 0 Å².